The molecule has 2 fully saturated rings. The third-order valence-corrected chi connectivity index (χ3v) is 12.0. The quantitative estimate of drug-likeness (QED) is 0.161. The number of aryl methyl sites for hydroxylation is 1. The minimum Gasteiger partial charge on any atom is -0.507 e. The zero-order chi connectivity index (χ0) is 41.6. The average Bonchev–Trinajstić information content (AvgIpc) is 3.13. The lowest BCUT2D eigenvalue weighted by Crippen LogP contribution is -2.70. The fraction of sp³-hybridized carbons (Fsp3) is 0.538. The molecule has 2 aromatic carbocycles. The number of aliphatic hydroxyl groups excluding tert-OH is 4. The van der Waals surface area contributed by atoms with Gasteiger partial charge in [-0.15, -0.1) is 0 Å². The second-order valence-electron chi connectivity index (χ2n) is 15.2. The molecule has 18 nitrogen and oxygen atoms in total. The largest absolute Gasteiger partial charge is 0.507 e. The summed E-state index contributed by atoms with van der Waals surface area (Å²) in [6.45, 7) is 4.64. The number of hydrogen-bond donors (Lipinski definition) is 8. The number of phenols is 2. The van der Waals surface area contributed by atoms with Gasteiger partial charge in [-0.05, 0) is 43.5 Å². The van der Waals surface area contributed by atoms with Crippen molar-refractivity contribution < 1.29 is 83.3 Å². The molecule has 0 spiro atoms. The van der Waals surface area contributed by atoms with Crippen LogP contribution in [-0.2, 0) is 46.9 Å². The topological polar surface area (TPSA) is 277 Å². The van der Waals surface area contributed by atoms with E-state index in [4.69, 9.17) is 28.4 Å². The molecular formula is C39H45NO17. The zero-order valence-corrected chi connectivity index (χ0v) is 31.8. The van der Waals surface area contributed by atoms with Gasteiger partial charge in [0.25, 0.3) is 0 Å². The summed E-state index contributed by atoms with van der Waals surface area (Å²) in [5, 5.41) is 81.7. The Labute approximate surface area is 325 Å². The molecule has 0 amide bonds. The number of ether oxygens (including phenoxy) is 6. The van der Waals surface area contributed by atoms with E-state index in [-0.39, 0.29) is 51.9 Å². The first-order chi connectivity index (χ1) is 26.9. The maximum absolute atomic E-state index is 14.5. The predicted molar refractivity (Wildman–Crippen MR) is 191 cm³/mol. The van der Waals surface area contributed by atoms with Gasteiger partial charge in [-0.25, -0.2) is 4.79 Å². The second-order valence-corrected chi connectivity index (χ2v) is 15.2. The third kappa shape index (κ3) is 5.92. The summed E-state index contributed by atoms with van der Waals surface area (Å²) < 4.78 is 33.7. The van der Waals surface area contributed by atoms with Crippen molar-refractivity contribution in [2.75, 3.05) is 21.3 Å². The summed E-state index contributed by atoms with van der Waals surface area (Å²) in [5.41, 5.74) is -7.16. The molecule has 308 valence electrons. The van der Waals surface area contributed by atoms with Crippen LogP contribution in [0.4, 0.5) is 0 Å². The Morgan fingerprint density at radius 3 is 2.25 bits per heavy atom. The van der Waals surface area contributed by atoms with Crippen molar-refractivity contribution in [3.05, 3.63) is 68.4 Å². The molecule has 0 saturated carbocycles. The summed E-state index contributed by atoms with van der Waals surface area (Å²) in [6, 6.07) is 2.61. The van der Waals surface area contributed by atoms with E-state index in [1.165, 1.54) is 20.1 Å². The minimum absolute atomic E-state index is 0.0852. The van der Waals surface area contributed by atoms with E-state index in [1.54, 1.807) is 13.8 Å². The van der Waals surface area contributed by atoms with Gasteiger partial charge >= 0.3 is 5.97 Å². The number of rotatable bonds is 7. The summed E-state index contributed by atoms with van der Waals surface area (Å²) in [5.74, 6) is -5.44. The van der Waals surface area contributed by atoms with E-state index in [9.17, 15) is 54.9 Å². The molecule has 0 radical (unpaired) electrons. The number of aliphatic hydroxyl groups is 5. The molecular weight excluding hydrogens is 754 g/mol. The Bertz CT molecular complexity index is 2070. The van der Waals surface area contributed by atoms with Crippen LogP contribution in [0.5, 0.6) is 11.5 Å². The molecule has 1 unspecified atom stereocenters. The summed E-state index contributed by atoms with van der Waals surface area (Å²) in [4.78, 5) is 55.2. The first-order valence-corrected chi connectivity index (χ1v) is 18.3. The highest BCUT2D eigenvalue weighted by Gasteiger charge is 2.68. The smallest absolute Gasteiger partial charge is 0.341 e. The zero-order valence-electron chi connectivity index (χ0n) is 31.8. The molecule has 8 N–H and O–H groups in total. The van der Waals surface area contributed by atoms with Gasteiger partial charge in [-0.1, -0.05) is 6.07 Å². The van der Waals surface area contributed by atoms with Crippen molar-refractivity contribution in [3.8, 4) is 11.5 Å². The number of hydrogen-bond acceptors (Lipinski definition) is 18. The van der Waals surface area contributed by atoms with Crippen molar-refractivity contribution in [2.45, 2.75) is 113 Å². The second kappa shape index (κ2) is 14.5. The van der Waals surface area contributed by atoms with Crippen LogP contribution >= 0.6 is 0 Å². The number of Topliss-reactive ketones (excluding diaryl/α,β-unsaturated/α-hetero) is 2. The van der Waals surface area contributed by atoms with Gasteiger partial charge in [0.1, 0.15) is 47.1 Å². The van der Waals surface area contributed by atoms with Crippen molar-refractivity contribution >= 4 is 23.3 Å². The highest BCUT2D eigenvalue weighted by molar-refractivity contribution is 6.27. The number of carbonyl (C=O) groups excluding carboxylic acids is 4. The average molecular weight is 800 g/mol. The van der Waals surface area contributed by atoms with Gasteiger partial charge < -0.3 is 69.5 Å². The number of benzene rings is 2. The predicted octanol–water partition coefficient (Wildman–Crippen LogP) is -0.663. The number of aromatic hydroxyl groups is 2. The van der Waals surface area contributed by atoms with Gasteiger partial charge in [-0.3, -0.25) is 14.4 Å². The molecule has 5 aliphatic rings. The number of carbonyl (C=O) groups is 4. The van der Waals surface area contributed by atoms with Crippen LogP contribution in [0.2, 0.25) is 0 Å². The Hall–Kier alpha value is -4.34. The molecule has 2 aliphatic heterocycles. The highest BCUT2D eigenvalue weighted by Crippen LogP contribution is 2.56. The summed E-state index contributed by atoms with van der Waals surface area (Å²) in [7, 11) is 3.42. The maximum Gasteiger partial charge on any atom is 0.341 e. The number of phenolic OH excluding ortho intramolecular Hbond substituents is 2. The van der Waals surface area contributed by atoms with Crippen molar-refractivity contribution in [3.63, 3.8) is 0 Å². The molecule has 0 aromatic heterocycles. The first-order valence-electron chi connectivity index (χ1n) is 18.3. The molecule has 2 aromatic rings. The fourth-order valence-electron chi connectivity index (χ4n) is 9.19. The van der Waals surface area contributed by atoms with Crippen molar-refractivity contribution in [1.29, 1.82) is 0 Å². The van der Waals surface area contributed by atoms with Crippen LogP contribution in [0.3, 0.4) is 0 Å². The van der Waals surface area contributed by atoms with Gasteiger partial charge in [0, 0.05) is 50.7 Å². The van der Waals surface area contributed by atoms with Gasteiger partial charge in [0.05, 0.1) is 48.3 Å². The monoisotopic (exact) mass is 799 g/mol. The van der Waals surface area contributed by atoms with Crippen LogP contribution in [0.15, 0.2) is 23.9 Å². The molecule has 3 aliphatic carbocycles. The molecule has 12 atom stereocenters. The number of ketones is 3. The SMILES string of the molecule is COC(=O)c1c(C)cc2c(c1O)[C@]1(O)Cc3cc4c(c(O)c3C(=O)[C@]1(OC)[C@H](O)C2)C(=O)C=C(NC1O[C@@H](C)[C@H](O[C@@H]2C[C@H](O)[C@H](O)[C@H](C)O2)[C@@H](O)[C@H]1OC)C4=O. The Kier molecular flexibility index (Phi) is 10.4. The number of nitrogens with one attached hydrogen (secondary N) is 1. The highest BCUT2D eigenvalue weighted by atomic mass is 16.7. The van der Waals surface area contributed by atoms with Gasteiger partial charge in [-0.2, -0.15) is 0 Å². The molecule has 7 rings (SSSR count). The van der Waals surface area contributed by atoms with Crippen LogP contribution in [0.1, 0.15) is 84.0 Å². The molecule has 57 heavy (non-hydrogen) atoms. The number of esters is 1. The van der Waals surface area contributed by atoms with Gasteiger partial charge in [0.15, 0.2) is 23.9 Å². The Morgan fingerprint density at radius 1 is 0.912 bits per heavy atom. The number of fused-ring (bicyclic) bond motifs is 5. The van der Waals surface area contributed by atoms with E-state index < -0.39 is 125 Å². The first kappa shape index (κ1) is 40.8. The van der Waals surface area contributed by atoms with Gasteiger partial charge in [0.2, 0.25) is 11.6 Å². The molecule has 2 saturated heterocycles. The fourth-order valence-corrected chi connectivity index (χ4v) is 9.19. The molecule has 0 bridgehead atoms. The third-order valence-electron chi connectivity index (χ3n) is 12.0. The van der Waals surface area contributed by atoms with Crippen molar-refractivity contribution in [1.82, 2.24) is 5.32 Å². The standard InChI is InChI=1S/C39H45NO17/c1-13-7-16-9-22(43)39(54-6)35(49)25-17(12-38(39,51)27(16)31(47)24(13)37(50)53-5)8-18-26(30(25)46)20(41)10-19(29(18)45)40-36-34(52-4)32(48)33(15(3)56-36)57-23-11-21(42)28(44)14(2)55-23/h7-8,10,14-15,21-23,28,32-34,36,40,42-44,46-48,51H,9,11-12H2,1-6H3/t14-,15-,21-,22+,23+,28+,32+,33-,34+,36?,38+,39+/m0/s1. The molecule has 18 heteroatoms. The van der Waals surface area contributed by atoms with E-state index in [2.05, 4.69) is 5.32 Å². The maximum atomic E-state index is 14.5. The lowest BCUT2D eigenvalue weighted by molar-refractivity contribution is -0.309. The number of allylic oxidation sites excluding steroid dienone is 2. The normalized spacial score (nSPS) is 36.1. The van der Waals surface area contributed by atoms with E-state index in [1.807, 2.05) is 0 Å². The summed E-state index contributed by atoms with van der Waals surface area (Å²) >= 11 is 0. The Balaban J connectivity index is 1.22. The lowest BCUT2D eigenvalue weighted by Gasteiger charge is -2.54. The Morgan fingerprint density at radius 2 is 1.61 bits per heavy atom. The summed E-state index contributed by atoms with van der Waals surface area (Å²) in [6.07, 6.45) is -11.8. The van der Waals surface area contributed by atoms with Crippen LogP contribution in [0.25, 0.3) is 0 Å². The van der Waals surface area contributed by atoms with Crippen molar-refractivity contribution in [2.24, 2.45) is 0 Å². The van der Waals surface area contributed by atoms with E-state index >= 15 is 0 Å². The van der Waals surface area contributed by atoms with E-state index in [0.29, 0.717) is 0 Å². The van der Waals surface area contributed by atoms with Crippen LogP contribution in [-0.4, -0.2) is 147 Å². The van der Waals surface area contributed by atoms with E-state index in [0.717, 1.165) is 26.4 Å². The molecule has 2 heterocycles. The lowest BCUT2D eigenvalue weighted by atomic mass is 9.57. The van der Waals surface area contributed by atoms with Crippen LogP contribution in [0, 0.1) is 6.92 Å². The number of methoxy groups -OCH3 is 3. The van der Waals surface area contributed by atoms with Crippen LogP contribution < -0.4 is 5.32 Å². The minimum atomic E-state index is -2.59.